The summed E-state index contributed by atoms with van der Waals surface area (Å²) in [6.07, 6.45) is 4.66. The Balaban J connectivity index is 1.31. The highest BCUT2D eigenvalue weighted by Gasteiger charge is 2.48. The molecule has 0 radical (unpaired) electrons. The van der Waals surface area contributed by atoms with Crippen molar-refractivity contribution in [1.29, 1.82) is 0 Å². The first-order valence-corrected chi connectivity index (χ1v) is 11.5. The van der Waals surface area contributed by atoms with E-state index in [-0.39, 0.29) is 42.5 Å². The van der Waals surface area contributed by atoms with Gasteiger partial charge in [-0.3, -0.25) is 29.2 Å². The summed E-state index contributed by atoms with van der Waals surface area (Å²) in [6, 6.07) is 10.2. The fourth-order valence-corrected chi connectivity index (χ4v) is 5.47. The van der Waals surface area contributed by atoms with E-state index in [2.05, 4.69) is 17.1 Å². The second-order valence-corrected chi connectivity index (χ2v) is 8.93. The minimum Gasteiger partial charge on any atom is -0.291 e. The minimum atomic E-state index is -0.149. The number of carbonyl (C=O) groups is 3. The Morgan fingerprint density at radius 1 is 1.07 bits per heavy atom. The number of benzene rings is 1. The van der Waals surface area contributed by atoms with Gasteiger partial charge < -0.3 is 0 Å². The number of fused-ring (bicyclic) bond motifs is 1. The zero-order valence-electron chi connectivity index (χ0n) is 16.6. The molecule has 0 unspecified atom stereocenters. The average Bonchev–Trinajstić information content (AvgIpc) is 3.31. The van der Waals surface area contributed by atoms with Crippen LogP contribution >= 0.6 is 11.8 Å². The molecule has 0 spiro atoms. The first kappa shape index (κ1) is 20.1. The van der Waals surface area contributed by atoms with Crippen molar-refractivity contribution in [1.82, 2.24) is 9.80 Å². The number of thioether (sulfide) groups is 1. The van der Waals surface area contributed by atoms with Crippen LogP contribution in [0.25, 0.3) is 0 Å². The molecule has 2 saturated heterocycles. The summed E-state index contributed by atoms with van der Waals surface area (Å²) in [5, 5.41) is 0.763. The lowest BCUT2D eigenvalue weighted by Gasteiger charge is -2.19. The summed E-state index contributed by atoms with van der Waals surface area (Å²) < 4.78 is 0. The van der Waals surface area contributed by atoms with Crippen LogP contribution in [-0.2, 0) is 20.8 Å². The van der Waals surface area contributed by atoms with Crippen molar-refractivity contribution in [2.45, 2.75) is 38.5 Å². The van der Waals surface area contributed by atoms with Gasteiger partial charge in [-0.25, -0.2) is 0 Å². The van der Waals surface area contributed by atoms with Crippen LogP contribution in [0, 0.1) is 11.8 Å². The molecule has 1 aliphatic carbocycles. The minimum absolute atomic E-state index is 0.0519. The highest BCUT2D eigenvalue weighted by Crippen LogP contribution is 2.38. The third-order valence-electron chi connectivity index (χ3n) is 6.05. The molecule has 154 valence electrons. The van der Waals surface area contributed by atoms with Crippen molar-refractivity contribution in [2.75, 3.05) is 25.4 Å². The van der Waals surface area contributed by atoms with Crippen molar-refractivity contribution >= 4 is 34.7 Å². The molecule has 3 fully saturated rings. The van der Waals surface area contributed by atoms with E-state index in [1.54, 1.807) is 16.7 Å². The van der Waals surface area contributed by atoms with Gasteiger partial charge in [-0.05, 0) is 24.8 Å². The highest BCUT2D eigenvalue weighted by atomic mass is 32.2. The van der Waals surface area contributed by atoms with E-state index in [0.717, 1.165) is 43.0 Å². The summed E-state index contributed by atoms with van der Waals surface area (Å²) in [6.45, 7) is 1.48. The number of imide groups is 1. The van der Waals surface area contributed by atoms with Gasteiger partial charge in [0.15, 0.2) is 5.17 Å². The van der Waals surface area contributed by atoms with Crippen LogP contribution in [-0.4, -0.2) is 58.1 Å². The normalized spacial score (nSPS) is 25.7. The Bertz CT molecular complexity index is 787. The van der Waals surface area contributed by atoms with E-state index < -0.39 is 0 Å². The highest BCUT2D eigenvalue weighted by molar-refractivity contribution is 8.14. The van der Waals surface area contributed by atoms with Gasteiger partial charge in [0.25, 0.3) is 0 Å². The summed E-state index contributed by atoms with van der Waals surface area (Å²) in [5.74, 6) is 0.346. The van der Waals surface area contributed by atoms with Gasteiger partial charge >= 0.3 is 0 Å². The number of aliphatic imine (C=N–C) groups is 1. The quantitative estimate of drug-likeness (QED) is 0.673. The third kappa shape index (κ3) is 4.39. The third-order valence-corrected chi connectivity index (χ3v) is 7.04. The fraction of sp³-hybridized carbons (Fsp3) is 0.545. The van der Waals surface area contributed by atoms with Gasteiger partial charge in [0.2, 0.25) is 17.7 Å². The monoisotopic (exact) mass is 413 g/mol. The molecule has 1 aromatic rings. The average molecular weight is 414 g/mol. The van der Waals surface area contributed by atoms with Crippen LogP contribution < -0.4 is 0 Å². The Labute approximate surface area is 175 Å². The van der Waals surface area contributed by atoms with Crippen molar-refractivity contribution in [3.05, 3.63) is 35.9 Å². The lowest BCUT2D eigenvalue weighted by atomic mass is 9.81. The van der Waals surface area contributed by atoms with Crippen LogP contribution in [0.5, 0.6) is 0 Å². The molecule has 3 aliphatic rings. The molecule has 6 nitrogen and oxygen atoms in total. The van der Waals surface area contributed by atoms with Gasteiger partial charge in [0.05, 0.1) is 11.8 Å². The Hall–Kier alpha value is -2.15. The van der Waals surface area contributed by atoms with Gasteiger partial charge in [0.1, 0.15) is 0 Å². The number of nitrogens with zero attached hydrogens (tertiary/aromatic N) is 3. The number of amides is 3. The molecule has 4 rings (SSSR count). The van der Waals surface area contributed by atoms with E-state index in [9.17, 15) is 14.4 Å². The number of hydrogen-bond donors (Lipinski definition) is 0. The van der Waals surface area contributed by atoms with E-state index in [1.165, 1.54) is 10.5 Å². The molecule has 2 aliphatic heterocycles. The van der Waals surface area contributed by atoms with Crippen LogP contribution in [0.15, 0.2) is 35.3 Å². The lowest BCUT2D eigenvalue weighted by Crippen LogP contribution is -2.38. The number of amidine groups is 1. The molecule has 2 atom stereocenters. The maximum absolute atomic E-state index is 12.8. The Morgan fingerprint density at radius 2 is 1.76 bits per heavy atom. The summed E-state index contributed by atoms with van der Waals surface area (Å²) in [4.78, 5) is 45.6. The van der Waals surface area contributed by atoms with Crippen LogP contribution in [0.1, 0.15) is 37.7 Å². The standard InChI is InChI=1S/C22H27N3O3S/c26-19(11-13-25-20(27)17-8-4-5-9-18(17)21(25)28)24-14-15-29-22(24)23-12-10-16-6-2-1-3-7-16/h1-3,6-7,17-18H,4-5,8-15H2/t17-,18+. The number of likely N-dealkylation sites (tertiary alicyclic amines) is 1. The summed E-state index contributed by atoms with van der Waals surface area (Å²) >= 11 is 1.60. The first-order chi connectivity index (χ1) is 14.1. The van der Waals surface area contributed by atoms with Crippen molar-refractivity contribution in [3.8, 4) is 0 Å². The van der Waals surface area contributed by atoms with Crippen molar-refractivity contribution < 1.29 is 14.4 Å². The van der Waals surface area contributed by atoms with Gasteiger partial charge in [-0.2, -0.15) is 0 Å². The Morgan fingerprint density at radius 3 is 2.45 bits per heavy atom. The summed E-state index contributed by atoms with van der Waals surface area (Å²) in [5.41, 5.74) is 1.23. The maximum atomic E-state index is 12.8. The number of hydrogen-bond acceptors (Lipinski definition) is 5. The van der Waals surface area contributed by atoms with Gasteiger partial charge in [0, 0.05) is 31.8 Å². The molecule has 3 amide bonds. The summed E-state index contributed by atoms with van der Waals surface area (Å²) in [7, 11) is 0. The first-order valence-electron chi connectivity index (χ1n) is 10.5. The smallest absolute Gasteiger partial charge is 0.233 e. The van der Waals surface area contributed by atoms with Crippen LogP contribution in [0.2, 0.25) is 0 Å². The molecule has 1 saturated carbocycles. The van der Waals surface area contributed by atoms with Crippen LogP contribution in [0.4, 0.5) is 0 Å². The van der Waals surface area contributed by atoms with E-state index >= 15 is 0 Å². The molecule has 2 heterocycles. The van der Waals surface area contributed by atoms with Crippen LogP contribution in [0.3, 0.4) is 0 Å². The zero-order chi connectivity index (χ0) is 20.2. The Kier molecular flexibility index (Phi) is 6.33. The predicted octanol–water partition coefficient (Wildman–Crippen LogP) is 2.73. The second-order valence-electron chi connectivity index (χ2n) is 7.87. The van der Waals surface area contributed by atoms with Crippen molar-refractivity contribution in [2.24, 2.45) is 16.8 Å². The number of carbonyl (C=O) groups excluding carboxylic acids is 3. The maximum Gasteiger partial charge on any atom is 0.233 e. The zero-order valence-corrected chi connectivity index (χ0v) is 17.4. The molecule has 0 N–H and O–H groups in total. The molecule has 29 heavy (non-hydrogen) atoms. The fourth-order valence-electron chi connectivity index (χ4n) is 4.48. The predicted molar refractivity (Wildman–Crippen MR) is 113 cm³/mol. The lowest BCUT2D eigenvalue weighted by molar-refractivity contribution is -0.140. The van der Waals surface area contributed by atoms with E-state index in [0.29, 0.717) is 13.1 Å². The molecule has 0 bridgehead atoms. The molecule has 0 aromatic heterocycles. The van der Waals surface area contributed by atoms with Gasteiger partial charge in [-0.15, -0.1) is 0 Å². The molecular weight excluding hydrogens is 386 g/mol. The van der Waals surface area contributed by atoms with Gasteiger partial charge in [-0.1, -0.05) is 54.9 Å². The van der Waals surface area contributed by atoms with Crippen molar-refractivity contribution in [3.63, 3.8) is 0 Å². The molecule has 7 heteroatoms. The molecular formula is C22H27N3O3S. The van der Waals surface area contributed by atoms with E-state index in [4.69, 9.17) is 0 Å². The number of rotatable bonds is 6. The van der Waals surface area contributed by atoms with E-state index in [1.807, 2.05) is 18.2 Å². The second kappa shape index (κ2) is 9.11. The largest absolute Gasteiger partial charge is 0.291 e. The SMILES string of the molecule is O=C(CCN1C(=O)[C@H]2CCCC[C@H]2C1=O)N1CCSC1=NCCc1ccccc1. The molecule has 1 aromatic carbocycles. The topological polar surface area (TPSA) is 70.1 Å².